The van der Waals surface area contributed by atoms with Crippen LogP contribution in [0, 0.1) is 0 Å². The number of nitrogens with zero attached hydrogens (tertiary/aromatic N) is 2. The Labute approximate surface area is 151 Å². The first-order valence-electron chi connectivity index (χ1n) is 8.09. The minimum Gasteiger partial charge on any atom is -0.380 e. The van der Waals surface area contributed by atoms with Crippen LogP contribution < -0.4 is 0 Å². The first kappa shape index (κ1) is 16.5. The van der Waals surface area contributed by atoms with Crippen LogP contribution in [0.25, 0.3) is 10.9 Å². The van der Waals surface area contributed by atoms with Gasteiger partial charge in [0, 0.05) is 11.6 Å². The van der Waals surface area contributed by atoms with Gasteiger partial charge in [-0.25, -0.2) is 12.4 Å². The molecule has 2 heterocycles. The van der Waals surface area contributed by atoms with Crippen molar-refractivity contribution in [3.63, 3.8) is 0 Å². The molecule has 0 aliphatic rings. The highest BCUT2D eigenvalue weighted by Crippen LogP contribution is 2.31. The predicted octanol–water partition coefficient (Wildman–Crippen LogP) is 3.36. The van der Waals surface area contributed by atoms with Gasteiger partial charge in [0.15, 0.2) is 0 Å². The number of aliphatic hydroxyl groups excluding tert-OH is 1. The lowest BCUT2D eigenvalue weighted by Crippen LogP contribution is -2.18. The van der Waals surface area contributed by atoms with Crippen LogP contribution in [-0.4, -0.2) is 22.5 Å². The Kier molecular flexibility index (Phi) is 4.06. The van der Waals surface area contributed by atoms with Gasteiger partial charge in [-0.05, 0) is 36.4 Å². The third kappa shape index (κ3) is 2.69. The summed E-state index contributed by atoms with van der Waals surface area (Å²) in [6.07, 6.45) is 0.402. The molecule has 0 radical (unpaired) electrons. The van der Waals surface area contributed by atoms with Gasteiger partial charge in [-0.3, -0.25) is 4.98 Å². The van der Waals surface area contributed by atoms with Gasteiger partial charge in [0.2, 0.25) is 0 Å². The fourth-order valence-corrected chi connectivity index (χ4v) is 4.56. The number of pyridine rings is 1. The predicted molar refractivity (Wildman–Crippen MR) is 99.3 cm³/mol. The van der Waals surface area contributed by atoms with Crippen molar-refractivity contribution in [2.45, 2.75) is 11.0 Å². The normalized spacial score (nSPS) is 13.0. The molecule has 0 aliphatic heterocycles. The number of benzene rings is 2. The molecule has 0 fully saturated rings. The second kappa shape index (κ2) is 6.40. The molecule has 0 saturated carbocycles. The maximum absolute atomic E-state index is 13.3. The van der Waals surface area contributed by atoms with E-state index in [0.717, 1.165) is 5.39 Å². The van der Waals surface area contributed by atoms with Crippen LogP contribution in [0.4, 0.5) is 0 Å². The average Bonchev–Trinajstić information content (AvgIpc) is 3.09. The SMILES string of the molecule is O=S(=O)(c1ccccc1)n1c([C@H](O)c2ccccn2)cc2ccccc21. The summed E-state index contributed by atoms with van der Waals surface area (Å²) in [6, 6.07) is 22.2. The minimum absolute atomic E-state index is 0.163. The molecule has 130 valence electrons. The molecule has 2 aromatic carbocycles. The number of aromatic nitrogens is 2. The van der Waals surface area contributed by atoms with E-state index in [1.165, 1.54) is 3.97 Å². The Bertz CT molecular complexity index is 1150. The third-order valence-corrected chi connectivity index (χ3v) is 5.98. The van der Waals surface area contributed by atoms with Crippen molar-refractivity contribution in [3.8, 4) is 0 Å². The zero-order chi connectivity index (χ0) is 18.1. The Balaban J connectivity index is 1.99. The van der Waals surface area contributed by atoms with Crippen LogP contribution in [-0.2, 0) is 10.0 Å². The molecule has 4 aromatic rings. The Morgan fingerprint density at radius 2 is 1.58 bits per heavy atom. The molecule has 1 atom stereocenters. The topological polar surface area (TPSA) is 72.2 Å². The number of hydrogen-bond acceptors (Lipinski definition) is 4. The van der Waals surface area contributed by atoms with E-state index in [9.17, 15) is 13.5 Å². The van der Waals surface area contributed by atoms with Crippen LogP contribution in [0.2, 0.25) is 0 Å². The van der Waals surface area contributed by atoms with Gasteiger partial charge in [-0.2, -0.15) is 0 Å². The highest BCUT2D eigenvalue weighted by atomic mass is 32.2. The fraction of sp³-hybridized carbons (Fsp3) is 0.0500. The number of hydrogen-bond donors (Lipinski definition) is 1. The summed E-state index contributed by atoms with van der Waals surface area (Å²) in [5, 5.41) is 11.6. The molecule has 0 aliphatic carbocycles. The van der Waals surface area contributed by atoms with Crippen molar-refractivity contribution < 1.29 is 13.5 Å². The Morgan fingerprint density at radius 3 is 2.31 bits per heavy atom. The number of rotatable bonds is 4. The third-order valence-electron chi connectivity index (χ3n) is 4.22. The van der Waals surface area contributed by atoms with Crippen LogP contribution >= 0.6 is 0 Å². The monoisotopic (exact) mass is 364 g/mol. The summed E-state index contributed by atoms with van der Waals surface area (Å²) < 4.78 is 27.8. The van der Waals surface area contributed by atoms with Gasteiger partial charge in [-0.15, -0.1) is 0 Å². The Morgan fingerprint density at radius 1 is 0.885 bits per heavy atom. The van der Waals surface area contributed by atoms with Gasteiger partial charge >= 0.3 is 0 Å². The lowest BCUT2D eigenvalue weighted by Gasteiger charge is -2.15. The molecule has 1 N–H and O–H groups in total. The highest BCUT2D eigenvalue weighted by Gasteiger charge is 2.27. The number of para-hydroxylation sites is 1. The summed E-state index contributed by atoms with van der Waals surface area (Å²) in [7, 11) is -3.88. The summed E-state index contributed by atoms with van der Waals surface area (Å²) >= 11 is 0. The molecule has 2 aromatic heterocycles. The van der Waals surface area contributed by atoms with E-state index in [1.807, 2.05) is 12.1 Å². The molecule has 0 amide bonds. The van der Waals surface area contributed by atoms with Gasteiger partial charge in [-0.1, -0.05) is 42.5 Å². The van der Waals surface area contributed by atoms with E-state index in [0.29, 0.717) is 11.2 Å². The molecular weight excluding hydrogens is 348 g/mol. The van der Waals surface area contributed by atoms with E-state index < -0.39 is 16.1 Å². The molecule has 4 rings (SSSR count). The molecule has 5 nitrogen and oxygen atoms in total. The van der Waals surface area contributed by atoms with Crippen molar-refractivity contribution in [1.29, 1.82) is 0 Å². The molecule has 0 spiro atoms. The van der Waals surface area contributed by atoms with Crippen molar-refractivity contribution >= 4 is 20.9 Å². The molecule has 26 heavy (non-hydrogen) atoms. The van der Waals surface area contributed by atoms with E-state index in [4.69, 9.17) is 0 Å². The summed E-state index contributed by atoms with van der Waals surface area (Å²) in [6.45, 7) is 0. The minimum atomic E-state index is -3.88. The van der Waals surface area contributed by atoms with E-state index in [-0.39, 0.29) is 10.6 Å². The van der Waals surface area contributed by atoms with Crippen molar-refractivity contribution in [3.05, 3.63) is 96.4 Å². The van der Waals surface area contributed by atoms with Gasteiger partial charge in [0.1, 0.15) is 6.10 Å². The van der Waals surface area contributed by atoms with Gasteiger partial charge in [0.05, 0.1) is 21.8 Å². The second-order valence-electron chi connectivity index (χ2n) is 5.87. The van der Waals surface area contributed by atoms with Crippen LogP contribution in [0.5, 0.6) is 0 Å². The lowest BCUT2D eigenvalue weighted by atomic mass is 10.1. The summed E-state index contributed by atoms with van der Waals surface area (Å²) in [5.74, 6) is 0. The van der Waals surface area contributed by atoms with Gasteiger partial charge < -0.3 is 5.11 Å². The molecular formula is C20H16N2O3S. The van der Waals surface area contributed by atoms with Crippen molar-refractivity contribution in [2.75, 3.05) is 0 Å². The van der Waals surface area contributed by atoms with E-state index >= 15 is 0 Å². The van der Waals surface area contributed by atoms with Crippen molar-refractivity contribution in [1.82, 2.24) is 8.96 Å². The maximum atomic E-state index is 13.3. The zero-order valence-electron chi connectivity index (χ0n) is 13.7. The first-order valence-corrected chi connectivity index (χ1v) is 9.53. The quantitative estimate of drug-likeness (QED) is 0.603. The van der Waals surface area contributed by atoms with E-state index in [2.05, 4.69) is 4.98 Å². The molecule has 6 heteroatoms. The fourth-order valence-electron chi connectivity index (χ4n) is 3.00. The smallest absolute Gasteiger partial charge is 0.268 e. The zero-order valence-corrected chi connectivity index (χ0v) is 14.5. The average molecular weight is 364 g/mol. The van der Waals surface area contributed by atoms with Crippen LogP contribution in [0.1, 0.15) is 17.5 Å². The largest absolute Gasteiger partial charge is 0.380 e. The van der Waals surface area contributed by atoms with E-state index in [1.54, 1.807) is 72.9 Å². The number of aliphatic hydroxyl groups is 1. The van der Waals surface area contributed by atoms with Crippen LogP contribution in [0.3, 0.4) is 0 Å². The summed E-state index contributed by atoms with van der Waals surface area (Å²) in [4.78, 5) is 4.33. The second-order valence-corrected chi connectivity index (χ2v) is 7.65. The molecule has 0 bridgehead atoms. The first-order chi connectivity index (χ1) is 12.6. The lowest BCUT2D eigenvalue weighted by molar-refractivity contribution is 0.210. The molecule has 0 unspecified atom stereocenters. The maximum Gasteiger partial charge on any atom is 0.268 e. The number of fused-ring (bicyclic) bond motifs is 1. The molecule has 0 saturated heterocycles. The van der Waals surface area contributed by atoms with Crippen molar-refractivity contribution in [2.24, 2.45) is 0 Å². The van der Waals surface area contributed by atoms with Gasteiger partial charge in [0.25, 0.3) is 10.0 Å². The Hall–Kier alpha value is -2.96. The highest BCUT2D eigenvalue weighted by molar-refractivity contribution is 7.90. The standard InChI is InChI=1S/C20H16N2O3S/c23-20(17-11-6-7-13-21-17)19-14-15-8-4-5-12-18(15)22(19)26(24,25)16-9-2-1-3-10-16/h1-14,20,23H/t20-/m1/s1. The van der Waals surface area contributed by atoms with Crippen LogP contribution in [0.15, 0.2) is 90.0 Å². The summed E-state index contributed by atoms with van der Waals surface area (Å²) in [5.41, 5.74) is 1.16.